The zero-order valence-corrected chi connectivity index (χ0v) is 15.8. The average molecular weight is 387 g/mol. The summed E-state index contributed by atoms with van der Waals surface area (Å²) in [7, 11) is -5.38. The quantitative estimate of drug-likeness (QED) is 0.721. The fraction of sp³-hybridized carbons (Fsp3) is 0.533. The summed E-state index contributed by atoms with van der Waals surface area (Å²) in [5, 5.41) is 0. The first-order chi connectivity index (χ1) is 11.6. The molecule has 0 spiro atoms. The van der Waals surface area contributed by atoms with Crippen LogP contribution in [0.25, 0.3) is 0 Å². The fourth-order valence-corrected chi connectivity index (χ4v) is 6.26. The molecule has 138 valence electrons. The summed E-state index contributed by atoms with van der Waals surface area (Å²) in [6, 6.07) is 5.45. The third-order valence-corrected chi connectivity index (χ3v) is 8.31. The summed E-state index contributed by atoms with van der Waals surface area (Å²) in [6.07, 6.45) is 0. The van der Waals surface area contributed by atoms with E-state index in [-0.39, 0.29) is 16.3 Å². The van der Waals surface area contributed by atoms with E-state index in [1.807, 2.05) is 7.05 Å². The number of carbonyl (C=O) groups excluding carboxylic acids is 1. The monoisotopic (exact) mass is 387 g/mol. The van der Waals surface area contributed by atoms with Gasteiger partial charge in [-0.15, -0.1) is 0 Å². The van der Waals surface area contributed by atoms with Crippen LogP contribution in [0.5, 0.6) is 0 Å². The molecule has 0 saturated carbocycles. The maximum Gasteiger partial charge on any atom is 0.244 e. The van der Waals surface area contributed by atoms with Gasteiger partial charge in [0.15, 0.2) is 0 Å². The highest BCUT2D eigenvalue weighted by molar-refractivity contribution is 7.94. The Morgan fingerprint density at radius 3 is 2.08 bits per heavy atom. The molecule has 10 heteroatoms. The predicted octanol–water partition coefficient (Wildman–Crippen LogP) is -0.0648. The Bertz CT molecular complexity index is 872. The van der Waals surface area contributed by atoms with Gasteiger partial charge in [0.1, 0.15) is 0 Å². The van der Waals surface area contributed by atoms with Crippen LogP contribution in [0.1, 0.15) is 6.92 Å². The van der Waals surface area contributed by atoms with Gasteiger partial charge in [0.05, 0.1) is 22.3 Å². The van der Waals surface area contributed by atoms with E-state index in [9.17, 15) is 21.6 Å². The Morgan fingerprint density at radius 1 is 1.04 bits per heavy atom. The Labute approximate surface area is 148 Å². The van der Waals surface area contributed by atoms with Gasteiger partial charge in [0, 0.05) is 26.2 Å². The largest absolute Gasteiger partial charge is 0.304 e. The van der Waals surface area contributed by atoms with Crippen LogP contribution in [0.3, 0.4) is 0 Å². The molecule has 1 aromatic carbocycles. The third-order valence-electron chi connectivity index (χ3n) is 4.53. The number of rotatable bonds is 3. The first-order valence-electron chi connectivity index (χ1n) is 7.98. The number of hydrogen-bond acceptors (Lipinski definition) is 6. The molecule has 3 rings (SSSR count). The zero-order chi connectivity index (χ0) is 18.4. The van der Waals surface area contributed by atoms with Crippen LogP contribution < -0.4 is 4.31 Å². The first kappa shape index (κ1) is 18.3. The first-order valence-corrected chi connectivity index (χ1v) is 11.0. The zero-order valence-electron chi connectivity index (χ0n) is 14.1. The van der Waals surface area contributed by atoms with E-state index in [2.05, 4.69) is 4.90 Å². The molecule has 0 aromatic heterocycles. The highest BCUT2D eigenvalue weighted by Crippen LogP contribution is 2.29. The van der Waals surface area contributed by atoms with Crippen molar-refractivity contribution in [2.24, 2.45) is 5.92 Å². The molecule has 1 amide bonds. The van der Waals surface area contributed by atoms with Gasteiger partial charge >= 0.3 is 0 Å². The number of nitrogens with zero attached hydrogens (tertiary/aromatic N) is 3. The van der Waals surface area contributed by atoms with Crippen LogP contribution >= 0.6 is 0 Å². The molecule has 2 saturated heterocycles. The van der Waals surface area contributed by atoms with Crippen LogP contribution in [0.15, 0.2) is 29.2 Å². The molecule has 2 fully saturated rings. The molecule has 0 aliphatic carbocycles. The molecule has 2 aliphatic rings. The molecular formula is C15H21N3O5S2. The summed E-state index contributed by atoms with van der Waals surface area (Å²) < 4.78 is 51.8. The molecule has 0 N–H and O–H groups in total. The van der Waals surface area contributed by atoms with E-state index in [0.717, 1.165) is 4.31 Å². The summed E-state index contributed by atoms with van der Waals surface area (Å²) in [5.41, 5.74) is 0.173. The Kier molecular flexibility index (Phi) is 4.65. The third kappa shape index (κ3) is 3.31. The molecule has 2 aliphatic heterocycles. The van der Waals surface area contributed by atoms with Gasteiger partial charge in [-0.2, -0.15) is 4.31 Å². The molecular weight excluding hydrogens is 366 g/mol. The number of piperazine rings is 1. The van der Waals surface area contributed by atoms with Crippen molar-refractivity contribution in [1.82, 2.24) is 9.21 Å². The van der Waals surface area contributed by atoms with E-state index in [1.54, 1.807) is 6.92 Å². The van der Waals surface area contributed by atoms with Crippen molar-refractivity contribution >= 4 is 31.6 Å². The number of carbonyl (C=O) groups is 1. The molecule has 2 heterocycles. The van der Waals surface area contributed by atoms with Gasteiger partial charge in [-0.3, -0.25) is 4.79 Å². The lowest BCUT2D eigenvalue weighted by Gasteiger charge is -2.31. The predicted molar refractivity (Wildman–Crippen MR) is 93.1 cm³/mol. The lowest BCUT2D eigenvalue weighted by Crippen LogP contribution is -2.47. The molecule has 1 atom stereocenters. The van der Waals surface area contributed by atoms with Crippen LogP contribution in [0.4, 0.5) is 5.69 Å². The van der Waals surface area contributed by atoms with Crippen molar-refractivity contribution < 1.29 is 21.6 Å². The minimum absolute atomic E-state index is 0.0953. The van der Waals surface area contributed by atoms with Gasteiger partial charge in [-0.1, -0.05) is 6.92 Å². The highest BCUT2D eigenvalue weighted by Gasteiger charge is 2.42. The number of benzene rings is 1. The molecule has 8 nitrogen and oxygen atoms in total. The van der Waals surface area contributed by atoms with Crippen LogP contribution in [0, 0.1) is 5.92 Å². The second kappa shape index (κ2) is 6.35. The number of sulfonamides is 2. The molecule has 1 unspecified atom stereocenters. The van der Waals surface area contributed by atoms with E-state index >= 15 is 0 Å². The summed E-state index contributed by atoms with van der Waals surface area (Å²) in [5.74, 6) is -1.32. The Hall–Kier alpha value is -1.49. The van der Waals surface area contributed by atoms with E-state index in [4.69, 9.17) is 0 Å². The second-order valence-corrected chi connectivity index (χ2v) is 10.3. The minimum Gasteiger partial charge on any atom is -0.304 e. The Balaban J connectivity index is 1.87. The number of anilines is 1. The smallest absolute Gasteiger partial charge is 0.244 e. The van der Waals surface area contributed by atoms with Crippen molar-refractivity contribution in [1.29, 1.82) is 0 Å². The number of amides is 1. The lowest BCUT2D eigenvalue weighted by molar-refractivity contribution is -0.119. The molecule has 1 aromatic rings. The van der Waals surface area contributed by atoms with Crippen LogP contribution in [-0.2, 0) is 24.8 Å². The van der Waals surface area contributed by atoms with E-state index in [1.165, 1.54) is 28.6 Å². The van der Waals surface area contributed by atoms with Gasteiger partial charge in [-0.25, -0.2) is 21.1 Å². The maximum atomic E-state index is 12.7. The van der Waals surface area contributed by atoms with Gasteiger partial charge in [-0.05, 0) is 31.3 Å². The van der Waals surface area contributed by atoms with Crippen molar-refractivity contribution in [2.75, 3.05) is 43.3 Å². The second-order valence-electron chi connectivity index (χ2n) is 6.48. The Morgan fingerprint density at radius 2 is 1.60 bits per heavy atom. The average Bonchev–Trinajstić information content (AvgIpc) is 2.75. The van der Waals surface area contributed by atoms with E-state index < -0.39 is 31.9 Å². The molecule has 25 heavy (non-hydrogen) atoms. The molecule has 0 bridgehead atoms. The van der Waals surface area contributed by atoms with Gasteiger partial charge < -0.3 is 4.90 Å². The summed E-state index contributed by atoms with van der Waals surface area (Å²) in [4.78, 5) is 14.2. The van der Waals surface area contributed by atoms with Crippen LogP contribution in [-0.4, -0.2) is 70.9 Å². The maximum absolute atomic E-state index is 12.7. The van der Waals surface area contributed by atoms with Gasteiger partial charge in [0.25, 0.3) is 0 Å². The van der Waals surface area contributed by atoms with Crippen molar-refractivity contribution in [2.45, 2.75) is 11.8 Å². The summed E-state index contributed by atoms with van der Waals surface area (Å²) >= 11 is 0. The minimum atomic E-state index is -3.70. The number of hydrogen-bond donors (Lipinski definition) is 0. The van der Waals surface area contributed by atoms with Crippen LogP contribution in [0.2, 0.25) is 0 Å². The lowest BCUT2D eigenvalue weighted by atomic mass is 10.2. The number of likely N-dealkylation sites (N-methyl/N-ethyl adjacent to an activating group) is 1. The highest BCUT2D eigenvalue weighted by atomic mass is 32.2. The topological polar surface area (TPSA) is 95.1 Å². The van der Waals surface area contributed by atoms with Crippen molar-refractivity contribution in [3.05, 3.63) is 24.3 Å². The summed E-state index contributed by atoms with van der Waals surface area (Å²) in [6.45, 7) is 3.71. The van der Waals surface area contributed by atoms with Crippen molar-refractivity contribution in [3.8, 4) is 0 Å². The fourth-order valence-electron chi connectivity index (χ4n) is 3.02. The standard InChI is InChI=1S/C15H21N3O5S2/c1-12-11-24(20,21)18(15(12)19)13-3-5-14(6-4-13)25(22,23)17-9-7-16(2)8-10-17/h3-6,12H,7-11H2,1-2H3. The molecule has 0 radical (unpaired) electrons. The van der Waals surface area contributed by atoms with Gasteiger partial charge in [0.2, 0.25) is 26.0 Å². The normalized spacial score (nSPS) is 25.4. The SMILES string of the molecule is CC1CS(=O)(=O)N(c2ccc(S(=O)(=O)N3CCN(C)CC3)cc2)C1=O. The van der Waals surface area contributed by atoms with Crippen molar-refractivity contribution in [3.63, 3.8) is 0 Å². The van der Waals surface area contributed by atoms with E-state index in [0.29, 0.717) is 26.2 Å².